The maximum absolute atomic E-state index is 11.9. The summed E-state index contributed by atoms with van der Waals surface area (Å²) in [5.74, 6) is 4.04. The Labute approximate surface area is 166 Å². The lowest BCUT2D eigenvalue weighted by molar-refractivity contribution is -0.155. The molecule has 0 spiro atoms. The molecule has 0 saturated heterocycles. The number of hydrogen-bond acceptors (Lipinski definition) is 4. The van der Waals surface area contributed by atoms with Crippen molar-refractivity contribution in [2.75, 3.05) is 6.61 Å². The van der Waals surface area contributed by atoms with E-state index in [9.17, 15) is 14.7 Å². The summed E-state index contributed by atoms with van der Waals surface area (Å²) in [4.78, 5) is 22.7. The van der Waals surface area contributed by atoms with Crippen molar-refractivity contribution >= 4 is 11.9 Å². The quantitative estimate of drug-likeness (QED) is 0.713. The van der Waals surface area contributed by atoms with Crippen LogP contribution in [-0.2, 0) is 9.53 Å². The Morgan fingerprint density at radius 1 is 1.32 bits per heavy atom. The highest BCUT2D eigenvalue weighted by molar-refractivity contribution is 5.91. The van der Waals surface area contributed by atoms with E-state index in [1.165, 1.54) is 5.57 Å². The average Bonchev–Trinajstić information content (AvgIpc) is 3.38. The van der Waals surface area contributed by atoms with Crippen molar-refractivity contribution in [1.29, 1.82) is 0 Å². The molecule has 0 heterocycles. The van der Waals surface area contributed by atoms with Crippen molar-refractivity contribution in [1.82, 2.24) is 0 Å². The predicted molar refractivity (Wildman–Crippen MR) is 103 cm³/mol. The van der Waals surface area contributed by atoms with E-state index in [0.717, 1.165) is 32.1 Å². The Kier molecular flexibility index (Phi) is 4.04. The Balaban J connectivity index is 1.44. The SMILES string of the molecule is C[C@H]1CC2=CC(=O)CC[C@@H]2[C@H]2CC[C@@]3(C)[C@@H]([C@H]4C[C@H]4[C@@]3(O)CCOC(=O)O)[C@@H]21. The van der Waals surface area contributed by atoms with E-state index >= 15 is 0 Å². The lowest BCUT2D eigenvalue weighted by Gasteiger charge is -2.59. The van der Waals surface area contributed by atoms with Crippen LogP contribution in [0.3, 0.4) is 0 Å². The largest absolute Gasteiger partial charge is 0.505 e. The van der Waals surface area contributed by atoms with Gasteiger partial charge in [0.05, 0.1) is 12.2 Å². The highest BCUT2D eigenvalue weighted by Crippen LogP contribution is 2.76. The fraction of sp³-hybridized carbons (Fsp3) is 0.826. The van der Waals surface area contributed by atoms with Gasteiger partial charge in [-0.25, -0.2) is 4.79 Å². The van der Waals surface area contributed by atoms with Crippen LogP contribution in [0.4, 0.5) is 4.79 Å². The van der Waals surface area contributed by atoms with Crippen molar-refractivity contribution < 1.29 is 24.5 Å². The van der Waals surface area contributed by atoms with Crippen molar-refractivity contribution in [2.45, 2.75) is 64.4 Å². The minimum atomic E-state index is -1.26. The number of allylic oxidation sites excluding steroid dienone is 1. The molecular formula is C23H32O5. The highest BCUT2D eigenvalue weighted by Gasteiger charge is 2.75. The molecule has 4 saturated carbocycles. The van der Waals surface area contributed by atoms with E-state index in [1.807, 2.05) is 6.08 Å². The molecule has 28 heavy (non-hydrogen) atoms. The van der Waals surface area contributed by atoms with Gasteiger partial charge in [0.15, 0.2) is 5.78 Å². The smallest absolute Gasteiger partial charge is 0.450 e. The van der Waals surface area contributed by atoms with Crippen LogP contribution in [0.2, 0.25) is 0 Å². The molecule has 5 rings (SSSR count). The van der Waals surface area contributed by atoms with E-state index in [4.69, 9.17) is 9.84 Å². The molecule has 9 atom stereocenters. The second-order valence-electron chi connectivity index (χ2n) is 10.5. The molecule has 0 aromatic rings. The predicted octanol–water partition coefficient (Wildman–Crippen LogP) is 4.05. The molecule has 4 fully saturated rings. The first-order chi connectivity index (χ1) is 13.3. The van der Waals surface area contributed by atoms with Crippen molar-refractivity contribution in [3.8, 4) is 0 Å². The second-order valence-corrected chi connectivity index (χ2v) is 10.5. The molecule has 0 aromatic heterocycles. The Morgan fingerprint density at radius 2 is 2.11 bits per heavy atom. The van der Waals surface area contributed by atoms with Crippen LogP contribution < -0.4 is 0 Å². The van der Waals surface area contributed by atoms with E-state index in [-0.39, 0.29) is 12.0 Å². The van der Waals surface area contributed by atoms with Gasteiger partial charge in [0, 0.05) is 18.3 Å². The van der Waals surface area contributed by atoms with Crippen molar-refractivity contribution in [3.63, 3.8) is 0 Å². The van der Waals surface area contributed by atoms with Gasteiger partial charge < -0.3 is 14.9 Å². The zero-order chi connectivity index (χ0) is 19.8. The molecule has 0 aromatic carbocycles. The maximum atomic E-state index is 11.9. The number of rotatable bonds is 3. The average molecular weight is 389 g/mol. The number of ether oxygens (including phenoxy) is 1. The van der Waals surface area contributed by atoms with Crippen LogP contribution in [0, 0.1) is 46.8 Å². The van der Waals surface area contributed by atoms with E-state index in [1.54, 1.807) is 0 Å². The Bertz CT molecular complexity index is 743. The van der Waals surface area contributed by atoms with Gasteiger partial charge in [-0.3, -0.25) is 4.79 Å². The number of fused-ring (bicyclic) bond motifs is 7. The molecule has 0 amide bonds. The molecule has 0 aliphatic heterocycles. The summed E-state index contributed by atoms with van der Waals surface area (Å²) in [7, 11) is 0. The number of hydrogen-bond donors (Lipinski definition) is 2. The number of carbonyl (C=O) groups is 2. The van der Waals surface area contributed by atoms with Crippen LogP contribution >= 0.6 is 0 Å². The van der Waals surface area contributed by atoms with Gasteiger partial charge in [-0.15, -0.1) is 0 Å². The fourth-order valence-corrected chi connectivity index (χ4v) is 8.45. The van der Waals surface area contributed by atoms with E-state index in [2.05, 4.69) is 13.8 Å². The standard InChI is InChI=1S/C23H32O5/c1-12-9-13-10-14(24)3-4-15(13)16-5-6-22(2)20(19(12)16)17-11-18(17)23(22,27)7-8-28-21(25)26/h10,12,15-20,27H,3-9,11H2,1-2H3,(H,25,26)/t12-,15-,16+,17-,18+,19+,20-,22-,23-/m0/s1. The Morgan fingerprint density at radius 3 is 2.86 bits per heavy atom. The lowest BCUT2D eigenvalue weighted by atomic mass is 9.47. The maximum Gasteiger partial charge on any atom is 0.505 e. The molecule has 5 aliphatic rings. The molecule has 5 heteroatoms. The molecule has 0 radical (unpaired) electrons. The molecular weight excluding hydrogens is 356 g/mol. The van der Waals surface area contributed by atoms with Crippen LogP contribution in [0.5, 0.6) is 0 Å². The van der Waals surface area contributed by atoms with Gasteiger partial charge in [0.2, 0.25) is 0 Å². The summed E-state index contributed by atoms with van der Waals surface area (Å²) in [6.07, 6.45) is 7.02. The minimum Gasteiger partial charge on any atom is -0.450 e. The lowest BCUT2D eigenvalue weighted by Crippen LogP contribution is -2.57. The van der Waals surface area contributed by atoms with Crippen LogP contribution in [-0.4, -0.2) is 34.4 Å². The third-order valence-electron chi connectivity index (χ3n) is 9.51. The van der Waals surface area contributed by atoms with Crippen molar-refractivity contribution in [2.24, 2.45) is 46.8 Å². The first-order valence-corrected chi connectivity index (χ1v) is 11.1. The summed E-state index contributed by atoms with van der Waals surface area (Å²) in [5.41, 5.74) is 0.439. The summed E-state index contributed by atoms with van der Waals surface area (Å²) >= 11 is 0. The van der Waals surface area contributed by atoms with Gasteiger partial charge in [-0.2, -0.15) is 0 Å². The summed E-state index contributed by atoms with van der Waals surface area (Å²) in [6, 6.07) is 0. The van der Waals surface area contributed by atoms with Gasteiger partial charge >= 0.3 is 6.16 Å². The summed E-state index contributed by atoms with van der Waals surface area (Å²) in [5, 5.41) is 20.6. The van der Waals surface area contributed by atoms with Gasteiger partial charge in [-0.05, 0) is 79.6 Å². The summed E-state index contributed by atoms with van der Waals surface area (Å²) < 4.78 is 4.79. The van der Waals surface area contributed by atoms with Gasteiger partial charge in [0.1, 0.15) is 0 Å². The number of ketones is 1. The fourth-order valence-electron chi connectivity index (χ4n) is 8.45. The molecule has 5 aliphatic carbocycles. The van der Waals surface area contributed by atoms with Crippen LogP contribution in [0.1, 0.15) is 58.8 Å². The first kappa shape index (κ1) is 18.7. The van der Waals surface area contributed by atoms with Crippen LogP contribution in [0.15, 0.2) is 11.6 Å². The highest BCUT2D eigenvalue weighted by atomic mass is 16.7. The van der Waals surface area contributed by atoms with Gasteiger partial charge in [0.25, 0.3) is 0 Å². The number of carbonyl (C=O) groups excluding carboxylic acids is 1. The third kappa shape index (κ3) is 2.41. The van der Waals surface area contributed by atoms with Crippen LogP contribution in [0.25, 0.3) is 0 Å². The monoisotopic (exact) mass is 388 g/mol. The summed E-state index contributed by atoms with van der Waals surface area (Å²) in [6.45, 7) is 4.70. The van der Waals surface area contributed by atoms with Crippen molar-refractivity contribution in [3.05, 3.63) is 11.6 Å². The molecule has 5 nitrogen and oxygen atoms in total. The Hall–Kier alpha value is -1.36. The number of carboxylic acid groups (broad SMARTS) is 1. The zero-order valence-electron chi connectivity index (χ0n) is 16.9. The number of aliphatic hydroxyl groups is 1. The van der Waals surface area contributed by atoms with Gasteiger partial charge in [-0.1, -0.05) is 19.4 Å². The molecule has 2 N–H and O–H groups in total. The first-order valence-electron chi connectivity index (χ1n) is 11.1. The topological polar surface area (TPSA) is 83.8 Å². The molecule has 154 valence electrons. The molecule has 0 bridgehead atoms. The zero-order valence-corrected chi connectivity index (χ0v) is 16.9. The van der Waals surface area contributed by atoms with E-state index in [0.29, 0.717) is 60.1 Å². The second kappa shape index (κ2) is 6.07. The normalized spacial score (nSPS) is 51.3. The third-order valence-corrected chi connectivity index (χ3v) is 9.51. The molecule has 0 unspecified atom stereocenters. The van der Waals surface area contributed by atoms with E-state index < -0.39 is 11.8 Å². The minimum absolute atomic E-state index is 0.0820.